The number of nitrogens with zero attached hydrogens (tertiary/aromatic N) is 3. The van der Waals surface area contributed by atoms with Crippen molar-refractivity contribution in [3.05, 3.63) is 29.8 Å². The minimum Gasteiger partial charge on any atom is -0.343 e. The number of amides is 2. The van der Waals surface area contributed by atoms with Gasteiger partial charge in [-0.3, -0.25) is 14.6 Å². The molecule has 2 saturated heterocycles. The fourth-order valence-electron chi connectivity index (χ4n) is 3.51. The highest BCUT2D eigenvalue weighted by molar-refractivity contribution is 5.94. The Balaban J connectivity index is 1.66. The summed E-state index contributed by atoms with van der Waals surface area (Å²) < 4.78 is 13.3. The minimum atomic E-state index is -0.493. The zero-order valence-corrected chi connectivity index (χ0v) is 13.2. The summed E-state index contributed by atoms with van der Waals surface area (Å²) in [5.41, 5.74) is 0.300. The lowest BCUT2D eigenvalue weighted by atomic mass is 9.98. The highest BCUT2D eigenvalue weighted by Crippen LogP contribution is 2.23. The van der Waals surface area contributed by atoms with E-state index in [1.54, 1.807) is 0 Å². The van der Waals surface area contributed by atoms with E-state index in [1.807, 2.05) is 9.80 Å². The fraction of sp³-hybridized carbons (Fsp3) is 0.588. The Morgan fingerprint density at radius 2 is 2.13 bits per heavy atom. The van der Waals surface area contributed by atoms with Crippen LogP contribution in [0.25, 0.3) is 0 Å². The molecule has 1 aromatic rings. The van der Waals surface area contributed by atoms with E-state index in [2.05, 4.69) is 4.98 Å². The van der Waals surface area contributed by atoms with Gasteiger partial charge in [0.1, 0.15) is 5.82 Å². The standard InChI is InChI=1S/C17H22FN3O2/c18-14-10-13(11-19-12-14)17(23)21-8-2-1-4-15(21)6-9-20-7-3-5-16(20)22/h10-12,15H,1-9H2/t15-/m1/s1. The first-order valence-electron chi connectivity index (χ1n) is 8.34. The summed E-state index contributed by atoms with van der Waals surface area (Å²) in [6.07, 6.45) is 7.88. The Hall–Kier alpha value is -1.98. The Morgan fingerprint density at radius 1 is 1.26 bits per heavy atom. The van der Waals surface area contributed by atoms with Crippen LogP contribution in [-0.2, 0) is 4.79 Å². The van der Waals surface area contributed by atoms with E-state index in [9.17, 15) is 14.0 Å². The van der Waals surface area contributed by atoms with Crippen molar-refractivity contribution in [2.45, 2.75) is 44.6 Å². The first-order valence-corrected chi connectivity index (χ1v) is 8.34. The lowest BCUT2D eigenvalue weighted by Gasteiger charge is -2.36. The molecule has 0 bridgehead atoms. The van der Waals surface area contributed by atoms with Crippen molar-refractivity contribution in [2.75, 3.05) is 19.6 Å². The van der Waals surface area contributed by atoms with Gasteiger partial charge in [-0.25, -0.2) is 4.39 Å². The van der Waals surface area contributed by atoms with Crippen LogP contribution in [0.4, 0.5) is 4.39 Å². The van der Waals surface area contributed by atoms with Crippen LogP contribution in [0.1, 0.15) is 48.9 Å². The second-order valence-electron chi connectivity index (χ2n) is 6.31. The monoisotopic (exact) mass is 319 g/mol. The number of rotatable bonds is 4. The van der Waals surface area contributed by atoms with Gasteiger partial charge < -0.3 is 9.80 Å². The highest BCUT2D eigenvalue weighted by Gasteiger charge is 2.29. The number of likely N-dealkylation sites (tertiary alicyclic amines) is 2. The predicted molar refractivity (Wildman–Crippen MR) is 83.3 cm³/mol. The predicted octanol–water partition coefficient (Wildman–Crippen LogP) is 2.23. The zero-order chi connectivity index (χ0) is 16.2. The van der Waals surface area contributed by atoms with Crippen molar-refractivity contribution in [3.8, 4) is 0 Å². The van der Waals surface area contributed by atoms with E-state index in [1.165, 1.54) is 12.3 Å². The Morgan fingerprint density at radius 3 is 2.87 bits per heavy atom. The molecule has 1 atom stereocenters. The highest BCUT2D eigenvalue weighted by atomic mass is 19.1. The SMILES string of the molecule is O=C1CCCN1CC[C@H]1CCCCN1C(=O)c1cncc(F)c1. The molecule has 3 heterocycles. The second kappa shape index (κ2) is 7.06. The molecule has 23 heavy (non-hydrogen) atoms. The average Bonchev–Trinajstić information content (AvgIpc) is 2.97. The van der Waals surface area contributed by atoms with Crippen LogP contribution in [0.2, 0.25) is 0 Å². The molecule has 0 saturated carbocycles. The van der Waals surface area contributed by atoms with Gasteiger partial charge in [-0.2, -0.15) is 0 Å². The van der Waals surface area contributed by atoms with Crippen LogP contribution >= 0.6 is 0 Å². The lowest BCUT2D eigenvalue weighted by Crippen LogP contribution is -2.45. The molecule has 2 fully saturated rings. The van der Waals surface area contributed by atoms with Gasteiger partial charge in [0.15, 0.2) is 0 Å². The van der Waals surface area contributed by atoms with Gasteiger partial charge in [0.2, 0.25) is 5.91 Å². The lowest BCUT2D eigenvalue weighted by molar-refractivity contribution is -0.127. The third kappa shape index (κ3) is 3.68. The smallest absolute Gasteiger partial charge is 0.255 e. The van der Waals surface area contributed by atoms with Gasteiger partial charge in [0.05, 0.1) is 11.8 Å². The molecule has 0 unspecified atom stereocenters. The van der Waals surface area contributed by atoms with E-state index in [0.29, 0.717) is 25.1 Å². The minimum absolute atomic E-state index is 0.118. The molecule has 2 aliphatic rings. The summed E-state index contributed by atoms with van der Waals surface area (Å²) in [6, 6.07) is 1.36. The molecule has 124 valence electrons. The average molecular weight is 319 g/mol. The summed E-state index contributed by atoms with van der Waals surface area (Å²) in [7, 11) is 0. The van der Waals surface area contributed by atoms with Gasteiger partial charge >= 0.3 is 0 Å². The van der Waals surface area contributed by atoms with Crippen molar-refractivity contribution in [3.63, 3.8) is 0 Å². The molecule has 0 N–H and O–H groups in total. The van der Waals surface area contributed by atoms with Gasteiger partial charge in [-0.15, -0.1) is 0 Å². The number of halogens is 1. The topological polar surface area (TPSA) is 53.5 Å². The Bertz CT molecular complexity index is 593. The molecule has 5 nitrogen and oxygen atoms in total. The van der Waals surface area contributed by atoms with Crippen LogP contribution in [0.3, 0.4) is 0 Å². The molecule has 0 aromatic carbocycles. The maximum Gasteiger partial charge on any atom is 0.255 e. The van der Waals surface area contributed by atoms with E-state index in [-0.39, 0.29) is 17.9 Å². The van der Waals surface area contributed by atoms with Crippen molar-refractivity contribution in [1.29, 1.82) is 0 Å². The summed E-state index contributed by atoms with van der Waals surface area (Å²) in [6.45, 7) is 2.22. The van der Waals surface area contributed by atoms with Crippen molar-refractivity contribution in [2.24, 2.45) is 0 Å². The third-order valence-electron chi connectivity index (χ3n) is 4.74. The first kappa shape index (κ1) is 15.9. The summed E-state index contributed by atoms with van der Waals surface area (Å²) in [5.74, 6) is -0.436. The van der Waals surface area contributed by atoms with Crippen molar-refractivity contribution >= 4 is 11.8 Å². The normalized spacial score (nSPS) is 21.8. The number of piperidine rings is 1. The molecule has 3 rings (SSSR count). The fourth-order valence-corrected chi connectivity index (χ4v) is 3.51. The second-order valence-corrected chi connectivity index (χ2v) is 6.31. The molecule has 2 aliphatic heterocycles. The summed E-state index contributed by atoms with van der Waals surface area (Å²) in [4.78, 5) is 31.9. The van der Waals surface area contributed by atoms with Gasteiger partial charge in [-0.05, 0) is 38.2 Å². The molecule has 2 amide bonds. The van der Waals surface area contributed by atoms with Crippen LogP contribution in [0.5, 0.6) is 0 Å². The Kier molecular flexibility index (Phi) is 4.88. The molecular weight excluding hydrogens is 297 g/mol. The van der Waals surface area contributed by atoms with Crippen LogP contribution in [0, 0.1) is 5.82 Å². The van der Waals surface area contributed by atoms with E-state index in [0.717, 1.165) is 44.8 Å². The number of aromatic nitrogens is 1. The van der Waals surface area contributed by atoms with E-state index >= 15 is 0 Å². The largest absolute Gasteiger partial charge is 0.343 e. The zero-order valence-electron chi connectivity index (χ0n) is 13.2. The number of carbonyl (C=O) groups excluding carboxylic acids is 2. The first-order chi connectivity index (χ1) is 11.1. The van der Waals surface area contributed by atoms with Crippen LogP contribution in [-0.4, -0.2) is 52.3 Å². The Labute approximate surface area is 135 Å². The molecular formula is C17H22FN3O2. The third-order valence-corrected chi connectivity index (χ3v) is 4.74. The quantitative estimate of drug-likeness (QED) is 0.855. The van der Waals surface area contributed by atoms with Gasteiger partial charge in [0, 0.05) is 38.3 Å². The number of hydrogen-bond donors (Lipinski definition) is 0. The van der Waals surface area contributed by atoms with Crippen LogP contribution < -0.4 is 0 Å². The summed E-state index contributed by atoms with van der Waals surface area (Å²) >= 11 is 0. The van der Waals surface area contributed by atoms with Crippen molar-refractivity contribution < 1.29 is 14.0 Å². The number of carbonyl (C=O) groups is 2. The molecule has 1 aromatic heterocycles. The molecule has 0 radical (unpaired) electrons. The maximum absolute atomic E-state index is 13.3. The van der Waals surface area contributed by atoms with E-state index < -0.39 is 5.82 Å². The molecule has 0 spiro atoms. The summed E-state index contributed by atoms with van der Waals surface area (Å²) in [5, 5.41) is 0. The number of hydrogen-bond acceptors (Lipinski definition) is 3. The molecule has 6 heteroatoms. The van der Waals surface area contributed by atoms with Gasteiger partial charge in [0.25, 0.3) is 5.91 Å². The maximum atomic E-state index is 13.3. The molecule has 0 aliphatic carbocycles. The van der Waals surface area contributed by atoms with E-state index in [4.69, 9.17) is 0 Å². The van der Waals surface area contributed by atoms with Gasteiger partial charge in [-0.1, -0.05) is 0 Å². The van der Waals surface area contributed by atoms with Crippen LogP contribution in [0.15, 0.2) is 18.5 Å². The number of pyridine rings is 1. The van der Waals surface area contributed by atoms with Crippen molar-refractivity contribution in [1.82, 2.24) is 14.8 Å².